The predicted molar refractivity (Wildman–Crippen MR) is 115 cm³/mol. The van der Waals surface area contributed by atoms with Crippen molar-refractivity contribution in [3.8, 4) is 0 Å². The van der Waals surface area contributed by atoms with Crippen molar-refractivity contribution in [3.63, 3.8) is 0 Å². The Balaban J connectivity index is 1.85. The van der Waals surface area contributed by atoms with Gasteiger partial charge in [0.1, 0.15) is 5.82 Å². The van der Waals surface area contributed by atoms with Crippen LogP contribution in [0.3, 0.4) is 0 Å². The maximum atomic E-state index is 13.1. The maximum Gasteiger partial charge on any atom is 0.257 e. The molecule has 1 aliphatic carbocycles. The topological polar surface area (TPSA) is 87.7 Å². The Morgan fingerprint density at radius 1 is 1.28 bits per heavy atom. The van der Waals surface area contributed by atoms with Crippen LogP contribution >= 0.6 is 11.8 Å². The standard InChI is InChI=1S/C22H26N4O2S/c1-4-5-9-29-21-25-19-18(20(28)26-21)16(13-7-6-8-23-12-13)17-14(24-19)10-22(2,3)11-15(17)27/h6-8,12,16H,4-5,9-11H2,1-3H3,(H2,24,25,26,28)/t16-/m0/s1. The third-order valence-electron chi connectivity index (χ3n) is 5.45. The summed E-state index contributed by atoms with van der Waals surface area (Å²) in [6.45, 7) is 6.34. The van der Waals surface area contributed by atoms with Gasteiger partial charge in [0.15, 0.2) is 10.9 Å². The third-order valence-corrected chi connectivity index (χ3v) is 6.41. The lowest BCUT2D eigenvalue weighted by Crippen LogP contribution is -2.37. The molecule has 0 radical (unpaired) electrons. The number of thioether (sulfide) groups is 1. The summed E-state index contributed by atoms with van der Waals surface area (Å²) in [4.78, 5) is 38.1. The van der Waals surface area contributed by atoms with Gasteiger partial charge < -0.3 is 10.3 Å². The van der Waals surface area contributed by atoms with E-state index in [2.05, 4.69) is 36.1 Å². The second-order valence-corrected chi connectivity index (χ2v) is 9.60. The van der Waals surface area contributed by atoms with Crippen molar-refractivity contribution in [1.82, 2.24) is 15.0 Å². The number of hydrogen-bond acceptors (Lipinski definition) is 6. The Labute approximate surface area is 174 Å². The number of anilines is 1. The lowest BCUT2D eigenvalue weighted by atomic mass is 9.69. The molecule has 6 nitrogen and oxygen atoms in total. The minimum absolute atomic E-state index is 0.0871. The molecule has 0 saturated carbocycles. The van der Waals surface area contributed by atoms with Crippen LogP contribution in [0.15, 0.2) is 45.7 Å². The van der Waals surface area contributed by atoms with Gasteiger partial charge in [-0.2, -0.15) is 0 Å². The van der Waals surface area contributed by atoms with Gasteiger partial charge in [-0.1, -0.05) is 45.0 Å². The number of nitrogens with zero attached hydrogens (tertiary/aromatic N) is 2. The summed E-state index contributed by atoms with van der Waals surface area (Å²) in [5, 5.41) is 3.97. The van der Waals surface area contributed by atoms with E-state index in [4.69, 9.17) is 4.98 Å². The van der Waals surface area contributed by atoms with Crippen LogP contribution in [0.4, 0.5) is 5.82 Å². The molecule has 0 saturated heterocycles. The molecule has 152 valence electrons. The smallest absolute Gasteiger partial charge is 0.257 e. The molecular weight excluding hydrogens is 384 g/mol. The van der Waals surface area contributed by atoms with Gasteiger partial charge in [0.2, 0.25) is 0 Å². The molecule has 0 fully saturated rings. The fraction of sp³-hybridized carbons (Fsp3) is 0.455. The number of rotatable bonds is 5. The highest BCUT2D eigenvalue weighted by Gasteiger charge is 2.42. The molecule has 2 aromatic rings. The largest absolute Gasteiger partial charge is 0.343 e. The zero-order chi connectivity index (χ0) is 20.6. The number of pyridine rings is 1. The van der Waals surface area contributed by atoms with Gasteiger partial charge in [-0.25, -0.2) is 4.98 Å². The summed E-state index contributed by atoms with van der Waals surface area (Å²) >= 11 is 1.56. The van der Waals surface area contributed by atoms with Gasteiger partial charge in [0.25, 0.3) is 5.56 Å². The molecule has 0 aromatic carbocycles. The van der Waals surface area contributed by atoms with Crippen LogP contribution < -0.4 is 10.9 Å². The molecule has 0 amide bonds. The van der Waals surface area contributed by atoms with E-state index < -0.39 is 5.92 Å². The highest BCUT2D eigenvalue weighted by atomic mass is 32.2. The van der Waals surface area contributed by atoms with E-state index in [1.54, 1.807) is 24.2 Å². The lowest BCUT2D eigenvalue weighted by Gasteiger charge is -2.38. The highest BCUT2D eigenvalue weighted by Crippen LogP contribution is 2.47. The molecule has 0 unspecified atom stereocenters. The average Bonchev–Trinajstić information content (AvgIpc) is 2.66. The monoisotopic (exact) mass is 410 g/mol. The van der Waals surface area contributed by atoms with E-state index in [0.717, 1.165) is 36.3 Å². The molecular formula is C22H26N4O2S. The molecule has 3 heterocycles. The molecule has 1 atom stereocenters. The van der Waals surface area contributed by atoms with E-state index in [-0.39, 0.29) is 16.8 Å². The van der Waals surface area contributed by atoms with Crippen molar-refractivity contribution in [2.45, 2.75) is 57.5 Å². The Hall–Kier alpha value is -2.41. The Kier molecular flexibility index (Phi) is 5.34. The minimum Gasteiger partial charge on any atom is -0.343 e. The van der Waals surface area contributed by atoms with Gasteiger partial charge >= 0.3 is 0 Å². The molecule has 29 heavy (non-hydrogen) atoms. The lowest BCUT2D eigenvalue weighted by molar-refractivity contribution is -0.118. The molecule has 0 bridgehead atoms. The first-order chi connectivity index (χ1) is 13.9. The van der Waals surface area contributed by atoms with Crippen LogP contribution in [-0.2, 0) is 4.79 Å². The maximum absolute atomic E-state index is 13.1. The summed E-state index contributed by atoms with van der Waals surface area (Å²) in [5.74, 6) is 1.11. The number of carbonyl (C=O) groups is 1. The van der Waals surface area contributed by atoms with Crippen LogP contribution in [0, 0.1) is 5.41 Å². The fourth-order valence-corrected chi connectivity index (χ4v) is 5.10. The summed E-state index contributed by atoms with van der Waals surface area (Å²) in [6.07, 6.45) is 6.81. The molecule has 7 heteroatoms. The highest BCUT2D eigenvalue weighted by molar-refractivity contribution is 7.99. The van der Waals surface area contributed by atoms with Crippen LogP contribution in [0.1, 0.15) is 63.5 Å². The van der Waals surface area contributed by atoms with Crippen LogP contribution in [0.5, 0.6) is 0 Å². The van der Waals surface area contributed by atoms with E-state index >= 15 is 0 Å². The summed E-state index contributed by atoms with van der Waals surface area (Å²) in [7, 11) is 0. The number of unbranched alkanes of at least 4 members (excludes halogenated alkanes) is 1. The summed E-state index contributed by atoms with van der Waals surface area (Å²) in [6, 6.07) is 3.76. The quantitative estimate of drug-likeness (QED) is 0.435. The van der Waals surface area contributed by atoms with E-state index in [9.17, 15) is 9.59 Å². The number of Topliss-reactive ketones (excluding diaryl/α,β-unsaturated/α-hetero) is 1. The number of H-pyrrole nitrogens is 1. The molecule has 2 N–H and O–H groups in total. The summed E-state index contributed by atoms with van der Waals surface area (Å²) < 4.78 is 0. The average molecular weight is 411 g/mol. The number of fused-ring (bicyclic) bond motifs is 1. The van der Waals surface area contributed by atoms with Crippen LogP contribution in [-0.4, -0.2) is 26.5 Å². The van der Waals surface area contributed by atoms with E-state index in [0.29, 0.717) is 28.5 Å². The second kappa shape index (κ2) is 7.78. The number of nitrogens with one attached hydrogen (secondary N) is 2. The first-order valence-electron chi connectivity index (χ1n) is 10.1. The Bertz CT molecular complexity index is 1030. The van der Waals surface area contributed by atoms with Crippen molar-refractivity contribution in [1.29, 1.82) is 0 Å². The molecule has 2 aromatic heterocycles. The van der Waals surface area contributed by atoms with Crippen LogP contribution in [0.2, 0.25) is 0 Å². The van der Waals surface area contributed by atoms with Crippen molar-refractivity contribution in [2.24, 2.45) is 5.41 Å². The van der Waals surface area contributed by atoms with Gasteiger partial charge in [-0.05, 0) is 29.9 Å². The van der Waals surface area contributed by atoms with Gasteiger partial charge in [-0.3, -0.25) is 14.6 Å². The van der Waals surface area contributed by atoms with Gasteiger partial charge in [0, 0.05) is 41.8 Å². The minimum atomic E-state index is -0.440. The van der Waals surface area contributed by atoms with Gasteiger partial charge in [-0.15, -0.1) is 0 Å². The first kappa shape index (κ1) is 19.9. The zero-order valence-electron chi connectivity index (χ0n) is 17.0. The SMILES string of the molecule is CCCCSc1nc2c(c(=O)[nH]1)[C@@H](c1cccnc1)C1=C(CC(C)(C)CC1=O)N2. The molecule has 4 rings (SSSR count). The predicted octanol–water partition coefficient (Wildman–Crippen LogP) is 4.26. The third kappa shape index (κ3) is 3.88. The number of hydrogen-bond donors (Lipinski definition) is 2. The second-order valence-electron chi connectivity index (χ2n) is 8.51. The first-order valence-corrected chi connectivity index (χ1v) is 11.1. The molecule has 0 spiro atoms. The molecule has 1 aliphatic heterocycles. The summed E-state index contributed by atoms with van der Waals surface area (Å²) in [5.41, 5.74) is 2.59. The van der Waals surface area contributed by atoms with Crippen molar-refractivity contribution < 1.29 is 4.79 Å². The number of aromatic nitrogens is 3. The van der Waals surface area contributed by atoms with Gasteiger partial charge in [0.05, 0.1) is 5.56 Å². The van der Waals surface area contributed by atoms with Crippen molar-refractivity contribution in [2.75, 3.05) is 11.1 Å². The van der Waals surface area contributed by atoms with Crippen molar-refractivity contribution >= 4 is 23.4 Å². The Morgan fingerprint density at radius 2 is 2.10 bits per heavy atom. The number of ketones is 1. The Morgan fingerprint density at radius 3 is 2.83 bits per heavy atom. The molecule has 2 aliphatic rings. The number of aromatic amines is 1. The number of allylic oxidation sites excluding steroid dienone is 2. The van der Waals surface area contributed by atoms with E-state index in [1.807, 2.05) is 12.1 Å². The number of carbonyl (C=O) groups excluding carboxylic acids is 1. The fourth-order valence-electron chi connectivity index (χ4n) is 4.15. The normalized spacial score (nSPS) is 20.1. The van der Waals surface area contributed by atoms with Crippen molar-refractivity contribution in [3.05, 3.63) is 57.3 Å². The van der Waals surface area contributed by atoms with Crippen LogP contribution in [0.25, 0.3) is 0 Å². The van der Waals surface area contributed by atoms with E-state index in [1.165, 1.54) is 0 Å². The zero-order valence-corrected chi connectivity index (χ0v) is 17.9.